The Bertz CT molecular complexity index is 2280. The molecule has 0 heterocycles. The predicted molar refractivity (Wildman–Crippen MR) is 210 cm³/mol. The zero-order chi connectivity index (χ0) is 35.3. The Hall–Kier alpha value is -5.30. The summed E-state index contributed by atoms with van der Waals surface area (Å²) in [7, 11) is 0. The maximum atomic E-state index is 12.3. The highest BCUT2D eigenvalue weighted by atomic mass is 16.6. The van der Waals surface area contributed by atoms with Crippen molar-refractivity contribution in [2.75, 3.05) is 39.6 Å². The molecule has 52 heavy (non-hydrogen) atoms. The van der Waals surface area contributed by atoms with E-state index in [-0.39, 0.29) is 25.2 Å². The molecule has 8 aromatic carbocycles. The molecule has 0 bridgehead atoms. The largest absolute Gasteiger partial charge is 0.463 e. The van der Waals surface area contributed by atoms with Crippen LogP contribution in [0.1, 0.15) is 36.8 Å². The first-order valence-electron chi connectivity index (χ1n) is 18.4. The van der Waals surface area contributed by atoms with Crippen LogP contribution in [0.15, 0.2) is 109 Å². The van der Waals surface area contributed by atoms with E-state index in [9.17, 15) is 9.59 Å². The molecule has 0 aromatic heterocycles. The minimum atomic E-state index is -0.213. The number of aryl methyl sites for hydroxylation is 2. The first kappa shape index (κ1) is 33.8. The molecule has 0 saturated carbocycles. The van der Waals surface area contributed by atoms with Crippen LogP contribution in [-0.2, 0) is 41.4 Å². The molecule has 8 aromatic rings. The van der Waals surface area contributed by atoms with Crippen molar-refractivity contribution < 1.29 is 28.5 Å². The number of esters is 2. The summed E-state index contributed by atoms with van der Waals surface area (Å²) in [6.45, 7) is 1.79. The highest BCUT2D eigenvalue weighted by Crippen LogP contribution is 2.37. The number of hydrogen-bond donors (Lipinski definition) is 0. The van der Waals surface area contributed by atoms with Gasteiger partial charge in [-0.1, -0.05) is 109 Å². The molecule has 6 nitrogen and oxygen atoms in total. The summed E-state index contributed by atoms with van der Waals surface area (Å²) < 4.78 is 21.8. The molecular formula is C46H42O6. The second-order valence-corrected chi connectivity index (χ2v) is 13.5. The molecule has 0 N–H and O–H groups in total. The van der Waals surface area contributed by atoms with Crippen molar-refractivity contribution in [2.45, 2.75) is 38.5 Å². The number of ether oxygens (including phenoxy) is 4. The second kappa shape index (κ2) is 15.5. The van der Waals surface area contributed by atoms with Gasteiger partial charge in [-0.05, 0) is 101 Å². The zero-order valence-corrected chi connectivity index (χ0v) is 29.3. The molecule has 0 aliphatic rings. The van der Waals surface area contributed by atoms with Crippen molar-refractivity contribution in [2.24, 2.45) is 0 Å². The van der Waals surface area contributed by atoms with E-state index in [1.165, 1.54) is 75.8 Å². The fourth-order valence-corrected chi connectivity index (χ4v) is 7.77. The van der Waals surface area contributed by atoms with E-state index in [1.54, 1.807) is 0 Å². The van der Waals surface area contributed by atoms with Crippen LogP contribution in [0.4, 0.5) is 0 Å². The summed E-state index contributed by atoms with van der Waals surface area (Å²) >= 11 is 0. The quantitative estimate of drug-likeness (QED) is 0.0538. The summed E-state index contributed by atoms with van der Waals surface area (Å²) in [6, 6.07) is 39.2. The Kier molecular flexibility index (Phi) is 10.1. The van der Waals surface area contributed by atoms with Gasteiger partial charge in [0.25, 0.3) is 0 Å². The Labute approximate surface area is 302 Å². The highest BCUT2D eigenvalue weighted by molar-refractivity contribution is 6.24. The highest BCUT2D eigenvalue weighted by Gasteiger charge is 2.13. The molecule has 0 unspecified atom stereocenters. The number of hydrogen-bond acceptors (Lipinski definition) is 6. The van der Waals surface area contributed by atoms with Crippen LogP contribution in [0.3, 0.4) is 0 Å². The third-order valence-corrected chi connectivity index (χ3v) is 10.2. The van der Waals surface area contributed by atoms with Gasteiger partial charge in [-0.15, -0.1) is 0 Å². The van der Waals surface area contributed by atoms with Crippen molar-refractivity contribution in [1.82, 2.24) is 0 Å². The first-order valence-corrected chi connectivity index (χ1v) is 18.4. The van der Waals surface area contributed by atoms with Gasteiger partial charge < -0.3 is 18.9 Å². The van der Waals surface area contributed by atoms with E-state index >= 15 is 0 Å². The van der Waals surface area contributed by atoms with Gasteiger partial charge in [0.2, 0.25) is 0 Å². The Morgan fingerprint density at radius 2 is 0.731 bits per heavy atom. The fourth-order valence-electron chi connectivity index (χ4n) is 7.77. The van der Waals surface area contributed by atoms with E-state index in [0.717, 1.165) is 25.7 Å². The molecule has 262 valence electrons. The van der Waals surface area contributed by atoms with Crippen molar-refractivity contribution in [3.05, 3.63) is 120 Å². The third kappa shape index (κ3) is 7.09. The zero-order valence-electron chi connectivity index (χ0n) is 29.3. The molecule has 8 rings (SSSR count). The molecule has 0 aliphatic carbocycles. The molecule has 0 fully saturated rings. The summed E-state index contributed by atoms with van der Waals surface area (Å²) in [5, 5.41) is 15.3. The van der Waals surface area contributed by atoms with Gasteiger partial charge in [0.15, 0.2) is 0 Å². The molecule has 6 heteroatoms. The lowest BCUT2D eigenvalue weighted by atomic mass is 9.90. The van der Waals surface area contributed by atoms with Crippen molar-refractivity contribution in [3.8, 4) is 0 Å². The second-order valence-electron chi connectivity index (χ2n) is 13.5. The van der Waals surface area contributed by atoms with Gasteiger partial charge in [-0.2, -0.15) is 0 Å². The summed E-state index contributed by atoms with van der Waals surface area (Å²) in [4.78, 5) is 24.7. The Morgan fingerprint density at radius 1 is 0.385 bits per heavy atom. The molecule has 0 radical (unpaired) electrons. The van der Waals surface area contributed by atoms with Crippen LogP contribution < -0.4 is 0 Å². The van der Waals surface area contributed by atoms with Gasteiger partial charge >= 0.3 is 11.9 Å². The van der Waals surface area contributed by atoms with E-state index in [0.29, 0.717) is 39.3 Å². The Balaban J connectivity index is 0.674. The van der Waals surface area contributed by atoms with Crippen molar-refractivity contribution in [1.29, 1.82) is 0 Å². The van der Waals surface area contributed by atoms with Crippen LogP contribution in [0.25, 0.3) is 64.6 Å². The van der Waals surface area contributed by atoms with Crippen molar-refractivity contribution >= 4 is 76.6 Å². The predicted octanol–water partition coefficient (Wildman–Crippen LogP) is 9.95. The molecule has 0 amide bonds. The van der Waals surface area contributed by atoms with Gasteiger partial charge in [0.05, 0.1) is 26.4 Å². The third-order valence-electron chi connectivity index (χ3n) is 10.2. The minimum absolute atomic E-state index is 0.212. The lowest BCUT2D eigenvalue weighted by molar-refractivity contribution is -0.147. The average Bonchev–Trinajstić information content (AvgIpc) is 3.17. The van der Waals surface area contributed by atoms with E-state index in [2.05, 4.69) is 109 Å². The van der Waals surface area contributed by atoms with Crippen LogP contribution in [0.2, 0.25) is 0 Å². The summed E-state index contributed by atoms with van der Waals surface area (Å²) in [5.74, 6) is -0.425. The molecule has 0 saturated heterocycles. The number of carbonyl (C=O) groups excluding carboxylic acids is 2. The van der Waals surface area contributed by atoms with Crippen LogP contribution >= 0.6 is 0 Å². The lowest BCUT2D eigenvalue weighted by Gasteiger charge is -2.14. The number of carbonyl (C=O) groups is 2. The normalized spacial score (nSPS) is 11.9. The minimum Gasteiger partial charge on any atom is -0.463 e. The van der Waals surface area contributed by atoms with E-state index in [1.807, 2.05) is 0 Å². The average molecular weight is 691 g/mol. The van der Waals surface area contributed by atoms with Crippen molar-refractivity contribution in [3.63, 3.8) is 0 Å². The summed E-state index contributed by atoms with van der Waals surface area (Å²) in [5.41, 5.74) is 2.51. The number of rotatable bonds is 17. The van der Waals surface area contributed by atoms with Gasteiger partial charge in [-0.3, -0.25) is 9.59 Å². The topological polar surface area (TPSA) is 71.1 Å². The van der Waals surface area contributed by atoms with Gasteiger partial charge in [0, 0.05) is 12.8 Å². The van der Waals surface area contributed by atoms with Crippen LogP contribution in [0.5, 0.6) is 0 Å². The van der Waals surface area contributed by atoms with E-state index in [4.69, 9.17) is 18.9 Å². The van der Waals surface area contributed by atoms with Gasteiger partial charge in [-0.25, -0.2) is 0 Å². The molecule has 0 spiro atoms. The fraction of sp³-hybridized carbons (Fsp3) is 0.261. The van der Waals surface area contributed by atoms with E-state index < -0.39 is 0 Å². The number of benzene rings is 8. The summed E-state index contributed by atoms with van der Waals surface area (Å²) in [6.07, 6.45) is 3.81. The van der Waals surface area contributed by atoms with Gasteiger partial charge in [0.1, 0.15) is 13.2 Å². The standard InChI is InChI=1S/C46H42O6/c47-41(11-3-5-31-13-15-37-19-17-33-7-1-9-35-21-23-39(31)45(37)43(33)35)51-29-27-49-25-26-50-28-30-52-42(48)12-4-6-32-14-16-38-20-18-34-8-2-10-36-22-24-40(32)46(38)44(34)36/h1-2,7-10,13-24H,3-6,11-12,25-30H2. The van der Waals surface area contributed by atoms with Crippen LogP contribution in [-0.4, -0.2) is 51.6 Å². The molecule has 0 atom stereocenters. The Morgan fingerprint density at radius 3 is 1.15 bits per heavy atom. The lowest BCUT2D eigenvalue weighted by Crippen LogP contribution is -2.15. The van der Waals surface area contributed by atoms with Crippen LogP contribution in [0, 0.1) is 0 Å². The maximum Gasteiger partial charge on any atom is 0.305 e. The molecule has 0 aliphatic heterocycles. The monoisotopic (exact) mass is 690 g/mol. The first-order chi connectivity index (χ1) is 25.6. The smallest absolute Gasteiger partial charge is 0.305 e. The SMILES string of the molecule is O=C(CCCc1ccc2ccc3cccc4ccc1c2c34)OCCOCCOCCOC(=O)CCCc1ccc2ccc3cccc4ccc1c2c34. The maximum absolute atomic E-state index is 12.3. The molecular weight excluding hydrogens is 648 g/mol.